The maximum Gasteiger partial charge on any atom is 0.0423 e. The monoisotopic (exact) mass is 347 g/mol. The summed E-state index contributed by atoms with van der Waals surface area (Å²) in [6, 6.07) is 13.1. The van der Waals surface area contributed by atoms with Gasteiger partial charge in [-0.15, -0.1) is 0 Å². The summed E-state index contributed by atoms with van der Waals surface area (Å²) in [4.78, 5) is 6.62. The number of aromatic nitrogens is 1. The molecule has 1 aromatic carbocycles. The third kappa shape index (κ3) is 4.55. The average molecular weight is 348 g/mol. The summed E-state index contributed by atoms with van der Waals surface area (Å²) in [5.41, 5.74) is 3.62. The molecular formula is C17H22BrN3. The summed E-state index contributed by atoms with van der Waals surface area (Å²) in [5.74, 6) is 0. The smallest absolute Gasteiger partial charge is 0.0423 e. The van der Waals surface area contributed by atoms with Crippen molar-refractivity contribution in [1.82, 2.24) is 10.3 Å². The Labute approximate surface area is 135 Å². The fraction of sp³-hybridized carbons (Fsp3) is 0.353. The van der Waals surface area contributed by atoms with Crippen LogP contribution in [0.25, 0.3) is 0 Å². The minimum Gasteiger partial charge on any atom is -0.378 e. The topological polar surface area (TPSA) is 28.2 Å². The Kier molecular flexibility index (Phi) is 5.76. The highest BCUT2D eigenvalue weighted by molar-refractivity contribution is 9.10. The van der Waals surface area contributed by atoms with Crippen molar-refractivity contribution in [3.05, 3.63) is 58.3 Å². The van der Waals surface area contributed by atoms with Crippen LogP contribution in [0, 0.1) is 0 Å². The zero-order chi connectivity index (χ0) is 15.2. The Morgan fingerprint density at radius 3 is 2.67 bits per heavy atom. The molecular weight excluding hydrogens is 326 g/mol. The molecule has 1 aromatic heterocycles. The second-order valence-corrected chi connectivity index (χ2v) is 6.19. The third-order valence-corrected chi connectivity index (χ3v) is 3.91. The first-order valence-corrected chi connectivity index (χ1v) is 8.00. The predicted octanol–water partition coefficient (Wildman–Crippen LogP) is 3.80. The van der Waals surface area contributed by atoms with Gasteiger partial charge in [0.2, 0.25) is 0 Å². The van der Waals surface area contributed by atoms with Gasteiger partial charge in [0.1, 0.15) is 0 Å². The highest BCUT2D eigenvalue weighted by Crippen LogP contribution is 2.22. The van der Waals surface area contributed by atoms with Gasteiger partial charge in [-0.3, -0.25) is 4.98 Å². The van der Waals surface area contributed by atoms with E-state index in [4.69, 9.17) is 0 Å². The summed E-state index contributed by atoms with van der Waals surface area (Å²) >= 11 is 3.43. The van der Waals surface area contributed by atoms with Gasteiger partial charge in [0.25, 0.3) is 0 Å². The molecule has 4 heteroatoms. The van der Waals surface area contributed by atoms with Gasteiger partial charge >= 0.3 is 0 Å². The molecule has 0 fully saturated rings. The number of hydrogen-bond acceptors (Lipinski definition) is 3. The van der Waals surface area contributed by atoms with Crippen LogP contribution in [0.3, 0.4) is 0 Å². The second kappa shape index (κ2) is 7.57. The number of benzene rings is 1. The van der Waals surface area contributed by atoms with Gasteiger partial charge in [-0.1, -0.05) is 19.1 Å². The van der Waals surface area contributed by atoms with Crippen molar-refractivity contribution in [2.45, 2.75) is 19.4 Å². The molecule has 0 aliphatic rings. The van der Waals surface area contributed by atoms with Crippen molar-refractivity contribution >= 4 is 21.6 Å². The largest absolute Gasteiger partial charge is 0.378 e. The number of likely N-dealkylation sites (N-methyl/N-ethyl adjacent to an activating group) is 1. The first-order valence-electron chi connectivity index (χ1n) is 7.21. The Hall–Kier alpha value is -1.39. The molecule has 0 radical (unpaired) electrons. The molecule has 0 bridgehead atoms. The van der Waals surface area contributed by atoms with E-state index in [0.29, 0.717) is 0 Å². The maximum absolute atomic E-state index is 4.49. The van der Waals surface area contributed by atoms with Crippen molar-refractivity contribution in [2.75, 3.05) is 25.5 Å². The molecule has 2 rings (SSSR count). The van der Waals surface area contributed by atoms with Crippen LogP contribution in [0.5, 0.6) is 0 Å². The van der Waals surface area contributed by atoms with E-state index >= 15 is 0 Å². The molecule has 3 nitrogen and oxygen atoms in total. The zero-order valence-electron chi connectivity index (χ0n) is 12.8. The molecule has 0 saturated heterocycles. The lowest BCUT2D eigenvalue weighted by Gasteiger charge is -2.20. The Balaban J connectivity index is 2.21. The number of rotatable bonds is 6. The summed E-state index contributed by atoms with van der Waals surface area (Å²) in [7, 11) is 4.13. The molecule has 1 N–H and O–H groups in total. The number of nitrogens with one attached hydrogen (secondary N) is 1. The zero-order valence-corrected chi connectivity index (χ0v) is 14.4. The Morgan fingerprint density at radius 1 is 1.24 bits per heavy atom. The molecule has 1 unspecified atom stereocenters. The van der Waals surface area contributed by atoms with E-state index in [1.165, 1.54) is 11.3 Å². The van der Waals surface area contributed by atoms with E-state index in [-0.39, 0.29) is 6.04 Å². The van der Waals surface area contributed by atoms with Crippen LogP contribution in [-0.2, 0) is 6.42 Å². The molecule has 112 valence electrons. The molecule has 0 spiro atoms. The molecule has 0 aliphatic carbocycles. The lowest BCUT2D eigenvalue weighted by molar-refractivity contribution is 0.544. The number of anilines is 1. The van der Waals surface area contributed by atoms with Crippen molar-refractivity contribution < 1.29 is 0 Å². The van der Waals surface area contributed by atoms with E-state index in [9.17, 15) is 0 Å². The number of halogens is 1. The number of pyridine rings is 1. The van der Waals surface area contributed by atoms with Crippen LogP contribution in [0.1, 0.15) is 24.2 Å². The third-order valence-electron chi connectivity index (χ3n) is 3.44. The SMILES string of the molecule is CCNC(Cc1ccc(Br)cn1)c1cccc(N(C)C)c1. The summed E-state index contributed by atoms with van der Waals surface area (Å²) in [6.45, 7) is 3.07. The number of hydrogen-bond donors (Lipinski definition) is 1. The molecule has 0 aliphatic heterocycles. The van der Waals surface area contributed by atoms with E-state index in [2.05, 4.69) is 82.5 Å². The van der Waals surface area contributed by atoms with Gasteiger partial charge in [0.05, 0.1) is 0 Å². The van der Waals surface area contributed by atoms with Crippen molar-refractivity contribution in [1.29, 1.82) is 0 Å². The lowest BCUT2D eigenvalue weighted by Crippen LogP contribution is -2.23. The number of nitrogens with zero attached hydrogens (tertiary/aromatic N) is 2. The van der Waals surface area contributed by atoms with Gasteiger partial charge in [-0.25, -0.2) is 0 Å². The fourth-order valence-electron chi connectivity index (χ4n) is 2.31. The summed E-state index contributed by atoms with van der Waals surface area (Å²) in [6.07, 6.45) is 2.74. The Bertz CT molecular complexity index is 567. The summed E-state index contributed by atoms with van der Waals surface area (Å²) in [5, 5.41) is 3.56. The molecule has 1 atom stereocenters. The standard InChI is InChI=1S/C17H22BrN3/c1-4-19-17(11-15-9-8-14(18)12-20-15)13-6-5-7-16(10-13)21(2)3/h5-10,12,17,19H,4,11H2,1-3H3. The molecule has 0 saturated carbocycles. The quantitative estimate of drug-likeness (QED) is 0.861. The van der Waals surface area contributed by atoms with Gasteiger partial charge in [-0.05, 0) is 52.3 Å². The minimum absolute atomic E-state index is 0.281. The van der Waals surface area contributed by atoms with Crippen LogP contribution in [0.15, 0.2) is 47.1 Å². The fourth-order valence-corrected chi connectivity index (χ4v) is 2.54. The van der Waals surface area contributed by atoms with Gasteiger partial charge in [-0.2, -0.15) is 0 Å². The molecule has 21 heavy (non-hydrogen) atoms. The van der Waals surface area contributed by atoms with Crippen LogP contribution < -0.4 is 10.2 Å². The summed E-state index contributed by atoms with van der Waals surface area (Å²) < 4.78 is 1.01. The van der Waals surface area contributed by atoms with Crippen molar-refractivity contribution in [3.63, 3.8) is 0 Å². The molecule has 1 heterocycles. The van der Waals surface area contributed by atoms with E-state index in [1.807, 2.05) is 12.3 Å². The van der Waals surface area contributed by atoms with Crippen LogP contribution in [0.4, 0.5) is 5.69 Å². The van der Waals surface area contributed by atoms with Crippen LogP contribution in [0.2, 0.25) is 0 Å². The minimum atomic E-state index is 0.281. The molecule has 0 amide bonds. The van der Waals surface area contributed by atoms with E-state index in [0.717, 1.165) is 23.1 Å². The highest BCUT2D eigenvalue weighted by atomic mass is 79.9. The van der Waals surface area contributed by atoms with Crippen LogP contribution in [-0.4, -0.2) is 25.6 Å². The highest BCUT2D eigenvalue weighted by Gasteiger charge is 2.13. The van der Waals surface area contributed by atoms with Gasteiger partial charge in [0.15, 0.2) is 0 Å². The van der Waals surface area contributed by atoms with Crippen molar-refractivity contribution in [3.8, 4) is 0 Å². The average Bonchev–Trinajstić information content (AvgIpc) is 2.49. The first-order chi connectivity index (χ1) is 10.1. The Morgan fingerprint density at radius 2 is 2.05 bits per heavy atom. The van der Waals surface area contributed by atoms with Crippen LogP contribution >= 0.6 is 15.9 Å². The normalized spacial score (nSPS) is 12.2. The predicted molar refractivity (Wildman–Crippen MR) is 92.8 cm³/mol. The van der Waals surface area contributed by atoms with Gasteiger partial charge < -0.3 is 10.2 Å². The molecule has 2 aromatic rings. The second-order valence-electron chi connectivity index (χ2n) is 5.27. The lowest BCUT2D eigenvalue weighted by atomic mass is 10.0. The van der Waals surface area contributed by atoms with Gasteiger partial charge in [0, 0.05) is 48.6 Å². The maximum atomic E-state index is 4.49. The van der Waals surface area contributed by atoms with E-state index in [1.54, 1.807) is 0 Å². The van der Waals surface area contributed by atoms with E-state index < -0.39 is 0 Å². The first kappa shape index (κ1) is 16.0. The van der Waals surface area contributed by atoms with Crippen molar-refractivity contribution in [2.24, 2.45) is 0 Å².